The summed E-state index contributed by atoms with van der Waals surface area (Å²) in [6.45, 7) is 4.41. The molecule has 156 valence electrons. The maximum absolute atomic E-state index is 12.9. The summed E-state index contributed by atoms with van der Waals surface area (Å²) in [4.78, 5) is 37.6. The third kappa shape index (κ3) is 4.10. The van der Waals surface area contributed by atoms with Gasteiger partial charge in [-0.2, -0.15) is 0 Å². The molecule has 2 fully saturated rings. The van der Waals surface area contributed by atoms with Crippen LogP contribution in [-0.4, -0.2) is 76.0 Å². The summed E-state index contributed by atoms with van der Waals surface area (Å²) in [6.07, 6.45) is 7.04. The van der Waals surface area contributed by atoms with Crippen molar-refractivity contribution in [1.82, 2.24) is 19.8 Å². The monoisotopic (exact) mass is 408 g/mol. The zero-order valence-electron chi connectivity index (χ0n) is 16.6. The summed E-state index contributed by atoms with van der Waals surface area (Å²) in [7, 11) is 0. The molecule has 2 aliphatic rings. The number of amides is 1. The summed E-state index contributed by atoms with van der Waals surface area (Å²) in [5.74, 6) is -1.44. The van der Waals surface area contributed by atoms with E-state index in [4.69, 9.17) is 4.74 Å². The van der Waals surface area contributed by atoms with Crippen LogP contribution in [0.25, 0.3) is 5.76 Å². The van der Waals surface area contributed by atoms with Gasteiger partial charge in [-0.1, -0.05) is 0 Å². The van der Waals surface area contributed by atoms with Crippen molar-refractivity contribution in [3.8, 4) is 0 Å². The zero-order valence-corrected chi connectivity index (χ0v) is 16.6. The summed E-state index contributed by atoms with van der Waals surface area (Å²) in [5.41, 5.74) is 1.30. The first-order chi connectivity index (χ1) is 14.7. The standard InChI is InChI=1S/C22H24N4O4/c27-20(17-4-8-24-9-5-17)18-19(16-2-6-23-7-3-16)26(22(29)21(18)28)11-1-10-25-12-14-30-15-13-25/h2-9,19,27H,1,10-15H2/t19-/m1/s1. The highest BCUT2D eigenvalue weighted by atomic mass is 16.5. The number of carbonyl (C=O) groups is 2. The molecule has 2 aromatic rings. The van der Waals surface area contributed by atoms with Crippen LogP contribution in [0.5, 0.6) is 0 Å². The van der Waals surface area contributed by atoms with Gasteiger partial charge >= 0.3 is 0 Å². The van der Waals surface area contributed by atoms with Gasteiger partial charge in [0.05, 0.1) is 24.8 Å². The zero-order chi connectivity index (χ0) is 20.9. The smallest absolute Gasteiger partial charge is 0.295 e. The minimum Gasteiger partial charge on any atom is -0.507 e. The van der Waals surface area contributed by atoms with Crippen LogP contribution in [0.15, 0.2) is 54.6 Å². The van der Waals surface area contributed by atoms with E-state index in [0.717, 1.165) is 31.6 Å². The van der Waals surface area contributed by atoms with E-state index in [1.165, 1.54) is 12.4 Å². The Balaban J connectivity index is 1.63. The van der Waals surface area contributed by atoms with Crippen molar-refractivity contribution in [1.29, 1.82) is 0 Å². The fraction of sp³-hybridized carbons (Fsp3) is 0.364. The predicted molar refractivity (Wildman–Crippen MR) is 109 cm³/mol. The van der Waals surface area contributed by atoms with Crippen LogP contribution in [0.2, 0.25) is 0 Å². The number of aliphatic hydroxyl groups excluding tert-OH is 1. The van der Waals surface area contributed by atoms with Crippen molar-refractivity contribution in [2.45, 2.75) is 12.5 Å². The Morgan fingerprint density at radius 3 is 2.30 bits per heavy atom. The molecule has 0 aliphatic carbocycles. The van der Waals surface area contributed by atoms with Crippen molar-refractivity contribution in [3.05, 3.63) is 65.8 Å². The molecule has 0 bridgehead atoms. The second kappa shape index (κ2) is 9.15. The van der Waals surface area contributed by atoms with E-state index in [-0.39, 0.29) is 11.3 Å². The Kier molecular flexibility index (Phi) is 6.15. The minimum atomic E-state index is -0.669. The molecular weight excluding hydrogens is 384 g/mol. The van der Waals surface area contributed by atoms with Gasteiger partial charge in [-0.05, 0) is 36.2 Å². The molecule has 30 heavy (non-hydrogen) atoms. The van der Waals surface area contributed by atoms with Gasteiger partial charge in [0, 0.05) is 56.5 Å². The van der Waals surface area contributed by atoms with Crippen molar-refractivity contribution in [2.75, 3.05) is 39.4 Å². The third-order valence-corrected chi connectivity index (χ3v) is 5.49. The Bertz CT molecular complexity index is 927. The highest BCUT2D eigenvalue weighted by Crippen LogP contribution is 2.39. The predicted octanol–water partition coefficient (Wildman–Crippen LogP) is 1.62. The number of Topliss-reactive ketones (excluding diaryl/α,β-unsaturated/α-hetero) is 1. The number of pyridine rings is 2. The molecular formula is C22H24N4O4. The van der Waals surface area contributed by atoms with Gasteiger partial charge in [-0.25, -0.2) is 0 Å². The molecule has 0 radical (unpaired) electrons. The molecule has 1 N–H and O–H groups in total. The maximum atomic E-state index is 12.9. The van der Waals surface area contributed by atoms with Crippen molar-refractivity contribution < 1.29 is 19.4 Å². The van der Waals surface area contributed by atoms with Crippen molar-refractivity contribution >= 4 is 17.4 Å². The molecule has 1 atom stereocenters. The molecule has 4 rings (SSSR count). The van der Waals surface area contributed by atoms with Crippen LogP contribution in [0.1, 0.15) is 23.6 Å². The van der Waals surface area contributed by atoms with Crippen LogP contribution in [0, 0.1) is 0 Å². The quantitative estimate of drug-likeness (QED) is 0.441. The number of ether oxygens (including phenoxy) is 1. The second-order valence-electron chi connectivity index (χ2n) is 7.32. The van der Waals surface area contributed by atoms with Crippen LogP contribution in [0.4, 0.5) is 0 Å². The van der Waals surface area contributed by atoms with Crippen LogP contribution in [-0.2, 0) is 14.3 Å². The molecule has 0 unspecified atom stereocenters. The van der Waals surface area contributed by atoms with Gasteiger partial charge in [0.2, 0.25) is 0 Å². The number of rotatable bonds is 6. The minimum absolute atomic E-state index is 0.101. The lowest BCUT2D eigenvalue weighted by molar-refractivity contribution is -0.140. The molecule has 0 aromatic carbocycles. The topological polar surface area (TPSA) is 95.9 Å². The van der Waals surface area contributed by atoms with Crippen LogP contribution in [0.3, 0.4) is 0 Å². The van der Waals surface area contributed by atoms with Gasteiger partial charge in [0.25, 0.3) is 11.7 Å². The Morgan fingerprint density at radius 1 is 1.00 bits per heavy atom. The first-order valence-electron chi connectivity index (χ1n) is 10.1. The maximum Gasteiger partial charge on any atom is 0.295 e. The van der Waals surface area contributed by atoms with Crippen molar-refractivity contribution in [3.63, 3.8) is 0 Å². The lowest BCUT2D eigenvalue weighted by atomic mass is 9.96. The number of likely N-dealkylation sites (tertiary alicyclic amines) is 1. The summed E-state index contributed by atoms with van der Waals surface area (Å²) in [6, 6.07) is 6.12. The molecule has 1 amide bonds. The van der Waals surface area contributed by atoms with Gasteiger partial charge in [0.1, 0.15) is 5.76 Å². The average Bonchev–Trinajstić information content (AvgIpc) is 3.05. The molecule has 2 aromatic heterocycles. The highest BCUT2D eigenvalue weighted by Gasteiger charge is 2.45. The number of aliphatic hydroxyl groups is 1. The van der Waals surface area contributed by atoms with E-state index < -0.39 is 17.7 Å². The van der Waals surface area contributed by atoms with Gasteiger partial charge in [-0.3, -0.25) is 24.5 Å². The summed E-state index contributed by atoms with van der Waals surface area (Å²) < 4.78 is 5.37. The third-order valence-electron chi connectivity index (χ3n) is 5.49. The summed E-state index contributed by atoms with van der Waals surface area (Å²) >= 11 is 0. The van der Waals surface area contributed by atoms with E-state index in [1.807, 2.05) is 0 Å². The number of hydrogen-bond donors (Lipinski definition) is 1. The molecule has 8 nitrogen and oxygen atoms in total. The molecule has 4 heterocycles. The van der Waals surface area contributed by atoms with Gasteiger partial charge < -0.3 is 14.7 Å². The first kappa shape index (κ1) is 20.2. The van der Waals surface area contributed by atoms with Crippen molar-refractivity contribution in [2.24, 2.45) is 0 Å². The Labute approximate surface area is 174 Å². The normalized spacial score (nSPS) is 21.9. The molecule has 0 saturated carbocycles. The van der Waals surface area contributed by atoms with Crippen LogP contribution >= 0.6 is 0 Å². The lowest BCUT2D eigenvalue weighted by Crippen LogP contribution is -2.38. The first-order valence-corrected chi connectivity index (χ1v) is 10.1. The van der Waals surface area contributed by atoms with Crippen LogP contribution < -0.4 is 0 Å². The summed E-state index contributed by atoms with van der Waals surface area (Å²) in [5, 5.41) is 10.9. The largest absolute Gasteiger partial charge is 0.507 e. The fourth-order valence-corrected chi connectivity index (χ4v) is 3.96. The Morgan fingerprint density at radius 2 is 1.63 bits per heavy atom. The van der Waals surface area contributed by atoms with E-state index in [9.17, 15) is 14.7 Å². The molecule has 2 saturated heterocycles. The lowest BCUT2D eigenvalue weighted by Gasteiger charge is -2.29. The number of nitrogens with zero attached hydrogens (tertiary/aromatic N) is 4. The second-order valence-corrected chi connectivity index (χ2v) is 7.32. The van der Waals surface area contributed by atoms with Gasteiger partial charge in [0.15, 0.2) is 0 Å². The average molecular weight is 408 g/mol. The van der Waals surface area contributed by atoms with E-state index in [1.54, 1.807) is 41.6 Å². The number of hydrogen-bond acceptors (Lipinski definition) is 7. The number of carbonyl (C=O) groups excluding carboxylic acids is 2. The SMILES string of the molecule is O=C1C(=O)N(CCCN2CCOCC2)[C@H](c2ccncc2)C1=C(O)c1ccncc1. The van der Waals surface area contributed by atoms with E-state index in [0.29, 0.717) is 25.3 Å². The Hall–Kier alpha value is -3.10. The highest BCUT2D eigenvalue weighted by molar-refractivity contribution is 6.46. The van der Waals surface area contributed by atoms with E-state index >= 15 is 0 Å². The number of ketones is 1. The van der Waals surface area contributed by atoms with Gasteiger partial charge in [-0.15, -0.1) is 0 Å². The van der Waals surface area contributed by atoms with E-state index in [2.05, 4.69) is 14.9 Å². The number of aromatic nitrogens is 2. The molecule has 2 aliphatic heterocycles. The molecule has 0 spiro atoms. The fourth-order valence-electron chi connectivity index (χ4n) is 3.96. The number of morpholine rings is 1. The molecule has 8 heteroatoms.